The zero-order chi connectivity index (χ0) is 22.2. The number of nitro groups is 1. The minimum atomic E-state index is -0.842. The quantitative estimate of drug-likeness (QED) is 0.302. The van der Waals surface area contributed by atoms with Crippen LogP contribution in [0.1, 0.15) is 20.8 Å². The highest BCUT2D eigenvalue weighted by Crippen LogP contribution is 2.29. The Bertz CT molecular complexity index is 853. The van der Waals surface area contributed by atoms with Gasteiger partial charge in [-0.2, -0.15) is 5.26 Å². The average molecular weight is 405 g/mol. The molecule has 0 bridgehead atoms. The summed E-state index contributed by atoms with van der Waals surface area (Å²) in [5.41, 5.74) is 4.20. The number of non-ortho nitro benzene ring substituents is 1. The molecule has 0 aromatic heterocycles. The van der Waals surface area contributed by atoms with E-state index in [4.69, 9.17) is 15.2 Å². The molecule has 156 valence electrons. The van der Waals surface area contributed by atoms with E-state index in [2.05, 4.69) is 5.32 Å². The van der Waals surface area contributed by atoms with Gasteiger partial charge in [-0.05, 0) is 26.8 Å². The van der Waals surface area contributed by atoms with E-state index in [0.29, 0.717) is 0 Å². The molecule has 0 aliphatic rings. The maximum absolute atomic E-state index is 12.5. The number of nitrogens with zero attached hydrogens (tertiary/aromatic N) is 3. The van der Waals surface area contributed by atoms with Crippen molar-refractivity contribution in [1.29, 1.82) is 5.26 Å². The summed E-state index contributed by atoms with van der Waals surface area (Å²) < 4.78 is 10.3. The first kappa shape index (κ1) is 23.4. The van der Waals surface area contributed by atoms with Crippen molar-refractivity contribution in [2.24, 2.45) is 5.73 Å². The molecule has 0 unspecified atom stereocenters. The number of nitriles is 1. The fourth-order valence-electron chi connectivity index (χ4n) is 2.05. The van der Waals surface area contributed by atoms with Crippen LogP contribution in [0.5, 0.6) is 5.75 Å². The molecule has 2 amide bonds. The van der Waals surface area contributed by atoms with Crippen LogP contribution in [0.15, 0.2) is 30.0 Å². The summed E-state index contributed by atoms with van der Waals surface area (Å²) in [6, 6.07) is 5.29. The molecule has 1 aromatic rings. The minimum absolute atomic E-state index is 0.0220. The number of nitrogens with two attached hydrogens (primary N) is 1. The molecular weight excluding hydrogens is 382 g/mol. The fraction of sp³-hybridized carbons (Fsp3) is 0.389. The van der Waals surface area contributed by atoms with Gasteiger partial charge in [-0.25, -0.2) is 4.79 Å². The zero-order valence-electron chi connectivity index (χ0n) is 16.6. The molecule has 0 atom stereocenters. The van der Waals surface area contributed by atoms with Gasteiger partial charge in [0.2, 0.25) is 0 Å². The molecule has 0 saturated carbocycles. The molecule has 0 heterocycles. The zero-order valence-corrected chi connectivity index (χ0v) is 16.6. The molecule has 0 aliphatic carbocycles. The van der Waals surface area contributed by atoms with E-state index in [0.717, 1.165) is 17.2 Å². The number of nitrogens with one attached hydrogen (secondary N) is 1. The van der Waals surface area contributed by atoms with Crippen LogP contribution in [0.2, 0.25) is 0 Å². The first-order chi connectivity index (χ1) is 13.5. The van der Waals surface area contributed by atoms with Crippen molar-refractivity contribution in [3.63, 3.8) is 0 Å². The molecule has 1 aromatic carbocycles. The molecule has 0 aliphatic heterocycles. The number of anilines is 1. The highest BCUT2D eigenvalue weighted by Gasteiger charge is 2.23. The summed E-state index contributed by atoms with van der Waals surface area (Å²) in [7, 11) is 1.28. The molecule has 0 fully saturated rings. The Balaban J connectivity index is 3.12. The minimum Gasteiger partial charge on any atom is -0.494 e. The van der Waals surface area contributed by atoms with Gasteiger partial charge in [0.05, 0.1) is 23.8 Å². The Kier molecular flexibility index (Phi) is 8.10. The number of ether oxygens (including phenoxy) is 2. The van der Waals surface area contributed by atoms with E-state index < -0.39 is 28.1 Å². The van der Waals surface area contributed by atoms with Crippen molar-refractivity contribution in [3.05, 3.63) is 40.1 Å². The van der Waals surface area contributed by atoms with Crippen molar-refractivity contribution in [3.8, 4) is 11.8 Å². The number of amides is 2. The third kappa shape index (κ3) is 7.11. The summed E-state index contributed by atoms with van der Waals surface area (Å²) in [4.78, 5) is 36.0. The maximum atomic E-state index is 12.5. The smallest absolute Gasteiger partial charge is 0.414 e. The van der Waals surface area contributed by atoms with Gasteiger partial charge in [-0.15, -0.1) is 0 Å². The molecule has 29 heavy (non-hydrogen) atoms. The van der Waals surface area contributed by atoms with Crippen LogP contribution in [0.4, 0.5) is 16.2 Å². The molecule has 11 nitrogen and oxygen atoms in total. The Morgan fingerprint density at radius 1 is 1.41 bits per heavy atom. The topological polar surface area (TPSA) is 161 Å². The molecular formula is C18H23N5O6. The number of benzene rings is 1. The third-order valence-corrected chi connectivity index (χ3v) is 3.29. The van der Waals surface area contributed by atoms with Crippen LogP contribution in [0.3, 0.4) is 0 Å². The second kappa shape index (κ2) is 10.0. The van der Waals surface area contributed by atoms with Gasteiger partial charge in [0.25, 0.3) is 11.6 Å². The Hall–Kier alpha value is -3.65. The average Bonchev–Trinajstić information content (AvgIpc) is 2.63. The van der Waals surface area contributed by atoms with E-state index in [9.17, 15) is 25.0 Å². The summed E-state index contributed by atoms with van der Waals surface area (Å²) in [6.07, 6.45) is 0.269. The molecule has 3 N–H and O–H groups in total. The second-order valence-electron chi connectivity index (χ2n) is 6.71. The maximum Gasteiger partial charge on any atom is 0.414 e. The summed E-state index contributed by atoms with van der Waals surface area (Å²) >= 11 is 0. The Labute approximate surface area is 167 Å². The van der Waals surface area contributed by atoms with Crippen LogP contribution in [-0.2, 0) is 9.53 Å². The molecule has 0 saturated heterocycles. The number of carbonyl (C=O) groups is 2. The first-order valence-corrected chi connectivity index (χ1v) is 8.47. The summed E-state index contributed by atoms with van der Waals surface area (Å²) in [5.74, 6) is -0.805. The number of hydrogen-bond acceptors (Lipinski definition) is 8. The number of nitro benzene ring substituents is 1. The second-order valence-corrected chi connectivity index (χ2v) is 6.71. The third-order valence-electron chi connectivity index (χ3n) is 3.29. The number of rotatable bonds is 7. The van der Waals surface area contributed by atoms with Gasteiger partial charge in [0.1, 0.15) is 23.0 Å². The van der Waals surface area contributed by atoms with Crippen LogP contribution < -0.4 is 15.8 Å². The molecule has 1 rings (SSSR count). The van der Waals surface area contributed by atoms with E-state index in [1.54, 1.807) is 26.8 Å². The molecule has 0 spiro atoms. The summed E-state index contributed by atoms with van der Waals surface area (Å²) in [6.45, 7) is 5.12. The van der Waals surface area contributed by atoms with Gasteiger partial charge in [-0.1, -0.05) is 0 Å². The van der Waals surface area contributed by atoms with Crippen molar-refractivity contribution in [2.75, 3.05) is 25.5 Å². The van der Waals surface area contributed by atoms with Gasteiger partial charge >= 0.3 is 6.09 Å². The lowest BCUT2D eigenvalue weighted by Gasteiger charge is -2.25. The number of carbonyl (C=O) groups excluding carboxylic acids is 2. The molecule has 11 heteroatoms. The lowest BCUT2D eigenvalue weighted by molar-refractivity contribution is -0.384. The number of methoxy groups -OCH3 is 1. The predicted octanol–water partition coefficient (Wildman–Crippen LogP) is 2.15. The van der Waals surface area contributed by atoms with Gasteiger partial charge in [0, 0.05) is 25.4 Å². The van der Waals surface area contributed by atoms with Gasteiger partial charge < -0.3 is 20.5 Å². The van der Waals surface area contributed by atoms with Crippen LogP contribution >= 0.6 is 0 Å². The van der Waals surface area contributed by atoms with Gasteiger partial charge in [0.15, 0.2) is 0 Å². The lowest BCUT2D eigenvalue weighted by atomic mass is 10.2. The van der Waals surface area contributed by atoms with Crippen molar-refractivity contribution >= 4 is 23.4 Å². The van der Waals surface area contributed by atoms with E-state index in [-0.39, 0.29) is 30.2 Å². The van der Waals surface area contributed by atoms with Crippen molar-refractivity contribution < 1.29 is 24.0 Å². The first-order valence-electron chi connectivity index (χ1n) is 8.47. The Morgan fingerprint density at radius 3 is 2.55 bits per heavy atom. The predicted molar refractivity (Wildman–Crippen MR) is 104 cm³/mol. The Morgan fingerprint density at radius 2 is 2.07 bits per heavy atom. The summed E-state index contributed by atoms with van der Waals surface area (Å²) in [5, 5.41) is 22.6. The SMILES string of the molecule is COc1cc([N+](=O)[O-])ccc1NC(=O)/C(C#N)=C\N(CCN)C(=O)OC(C)(C)C. The standard InChI is InChI=1S/C18H23N5O6/c1-18(2,3)29-17(25)22(8-7-19)11-12(10-20)16(24)21-14-6-5-13(23(26)27)9-15(14)28-4/h5-6,9,11H,7-8,19H2,1-4H3,(H,21,24)/b12-11-. The van der Waals surface area contributed by atoms with E-state index in [1.807, 2.05) is 0 Å². The largest absolute Gasteiger partial charge is 0.494 e. The molecule has 0 radical (unpaired) electrons. The fourth-order valence-corrected chi connectivity index (χ4v) is 2.05. The van der Waals surface area contributed by atoms with Crippen LogP contribution in [0, 0.1) is 21.4 Å². The highest BCUT2D eigenvalue weighted by molar-refractivity contribution is 6.07. The lowest BCUT2D eigenvalue weighted by Crippen LogP contribution is -2.37. The van der Waals surface area contributed by atoms with Crippen LogP contribution in [0.25, 0.3) is 0 Å². The van der Waals surface area contributed by atoms with Crippen molar-refractivity contribution in [1.82, 2.24) is 4.90 Å². The number of hydrogen-bond donors (Lipinski definition) is 2. The monoisotopic (exact) mass is 405 g/mol. The normalized spacial score (nSPS) is 11.2. The van der Waals surface area contributed by atoms with Crippen molar-refractivity contribution in [2.45, 2.75) is 26.4 Å². The van der Waals surface area contributed by atoms with Gasteiger partial charge in [-0.3, -0.25) is 19.8 Å². The van der Waals surface area contributed by atoms with E-state index in [1.165, 1.54) is 19.2 Å². The van der Waals surface area contributed by atoms with Crippen LogP contribution in [-0.4, -0.2) is 47.6 Å². The van der Waals surface area contributed by atoms with E-state index >= 15 is 0 Å². The highest BCUT2D eigenvalue weighted by atomic mass is 16.6.